The minimum absolute atomic E-state index is 0.218. The van der Waals surface area contributed by atoms with Crippen LogP contribution >= 0.6 is 0 Å². The summed E-state index contributed by atoms with van der Waals surface area (Å²) in [6, 6.07) is 16.4. The molecule has 0 bridgehead atoms. The molecule has 0 saturated carbocycles. The van der Waals surface area contributed by atoms with Crippen LogP contribution in [0.3, 0.4) is 0 Å². The summed E-state index contributed by atoms with van der Waals surface area (Å²) in [6.07, 6.45) is 0. The van der Waals surface area contributed by atoms with Crippen molar-refractivity contribution in [2.24, 2.45) is 0 Å². The number of hydrogen-bond donors (Lipinski definition) is 1. The Labute approximate surface area is 127 Å². The largest absolute Gasteiger partial charge is 0.453 e. The Morgan fingerprint density at radius 3 is 2.50 bits per heavy atom. The number of hydrogen-bond acceptors (Lipinski definition) is 3. The van der Waals surface area contributed by atoms with E-state index < -0.39 is 5.97 Å². The first-order valence-electron chi connectivity index (χ1n) is 6.98. The Kier molecular flexibility index (Phi) is 3.74. The molecule has 0 aliphatic carbocycles. The van der Waals surface area contributed by atoms with Crippen LogP contribution in [0.4, 0.5) is 0 Å². The van der Waals surface area contributed by atoms with E-state index in [1.807, 2.05) is 43.3 Å². The first-order chi connectivity index (χ1) is 10.6. The number of fused-ring (bicyclic) bond motifs is 1. The number of ketones is 1. The number of esters is 1. The smallest absolute Gasteiger partial charge is 0.355 e. The number of benzene rings is 2. The van der Waals surface area contributed by atoms with Crippen LogP contribution in [0.5, 0.6) is 0 Å². The molecule has 110 valence electrons. The summed E-state index contributed by atoms with van der Waals surface area (Å²) in [4.78, 5) is 27.0. The quantitative estimate of drug-likeness (QED) is 0.591. The molecule has 0 radical (unpaired) electrons. The van der Waals surface area contributed by atoms with Gasteiger partial charge in [-0.1, -0.05) is 48.0 Å². The molecule has 3 rings (SSSR count). The fourth-order valence-electron chi connectivity index (χ4n) is 2.21. The van der Waals surface area contributed by atoms with Gasteiger partial charge in [0, 0.05) is 16.5 Å². The van der Waals surface area contributed by atoms with Crippen molar-refractivity contribution >= 4 is 22.7 Å². The van der Waals surface area contributed by atoms with Crippen molar-refractivity contribution < 1.29 is 14.3 Å². The highest BCUT2D eigenvalue weighted by atomic mass is 16.5. The second kappa shape index (κ2) is 5.85. The van der Waals surface area contributed by atoms with Crippen molar-refractivity contribution in [2.75, 3.05) is 6.61 Å². The van der Waals surface area contributed by atoms with Gasteiger partial charge in [-0.05, 0) is 19.1 Å². The summed E-state index contributed by atoms with van der Waals surface area (Å²) in [6.45, 7) is 1.68. The van der Waals surface area contributed by atoms with Crippen LogP contribution in [0.2, 0.25) is 0 Å². The summed E-state index contributed by atoms with van der Waals surface area (Å²) in [5.74, 6) is -0.749. The summed E-state index contributed by atoms with van der Waals surface area (Å²) in [5.41, 5.74) is 2.82. The van der Waals surface area contributed by atoms with Gasteiger partial charge in [-0.25, -0.2) is 4.79 Å². The second-order valence-corrected chi connectivity index (χ2v) is 5.14. The third-order valence-corrected chi connectivity index (χ3v) is 3.46. The molecule has 3 aromatic rings. The molecule has 4 heteroatoms. The third-order valence-electron chi connectivity index (χ3n) is 3.46. The highest BCUT2D eigenvalue weighted by Gasteiger charge is 2.13. The molecule has 0 aliphatic rings. The normalized spacial score (nSPS) is 10.6. The number of aromatic nitrogens is 1. The molecule has 0 spiro atoms. The van der Waals surface area contributed by atoms with Crippen molar-refractivity contribution in [2.45, 2.75) is 6.92 Å². The third kappa shape index (κ3) is 2.91. The summed E-state index contributed by atoms with van der Waals surface area (Å²) in [5, 5.41) is 0.930. The van der Waals surface area contributed by atoms with Crippen LogP contribution in [0.1, 0.15) is 26.4 Å². The fraction of sp³-hybridized carbons (Fsp3) is 0.111. The zero-order valence-corrected chi connectivity index (χ0v) is 12.1. The van der Waals surface area contributed by atoms with Gasteiger partial charge in [0.05, 0.1) is 0 Å². The van der Waals surface area contributed by atoms with Gasteiger partial charge in [-0.15, -0.1) is 0 Å². The van der Waals surface area contributed by atoms with Gasteiger partial charge >= 0.3 is 5.97 Å². The molecule has 0 saturated heterocycles. The van der Waals surface area contributed by atoms with E-state index in [0.29, 0.717) is 11.3 Å². The topological polar surface area (TPSA) is 59.2 Å². The lowest BCUT2D eigenvalue weighted by Crippen LogP contribution is -2.14. The highest BCUT2D eigenvalue weighted by Crippen LogP contribution is 2.15. The molecule has 0 atom stereocenters. The van der Waals surface area contributed by atoms with Crippen LogP contribution in [0.25, 0.3) is 10.9 Å². The van der Waals surface area contributed by atoms with E-state index in [-0.39, 0.29) is 12.4 Å². The fourth-order valence-corrected chi connectivity index (χ4v) is 2.21. The monoisotopic (exact) mass is 293 g/mol. The molecule has 22 heavy (non-hydrogen) atoms. The Morgan fingerprint density at radius 1 is 1.05 bits per heavy atom. The lowest BCUT2D eigenvalue weighted by molar-refractivity contribution is 0.0470. The summed E-state index contributed by atoms with van der Waals surface area (Å²) < 4.78 is 5.08. The highest BCUT2D eigenvalue weighted by molar-refractivity contribution is 6.00. The van der Waals surface area contributed by atoms with Crippen LogP contribution < -0.4 is 0 Å². The van der Waals surface area contributed by atoms with Gasteiger partial charge in [-0.2, -0.15) is 0 Å². The Morgan fingerprint density at radius 2 is 1.77 bits per heavy atom. The number of rotatable bonds is 4. The predicted molar refractivity (Wildman–Crippen MR) is 84.1 cm³/mol. The number of nitrogens with one attached hydrogen (secondary N) is 1. The first kappa shape index (κ1) is 14.1. The average molecular weight is 293 g/mol. The Bertz CT molecular complexity index is 798. The molecule has 0 aliphatic heterocycles. The van der Waals surface area contributed by atoms with Crippen LogP contribution in [-0.4, -0.2) is 23.3 Å². The minimum Gasteiger partial charge on any atom is -0.453 e. The van der Waals surface area contributed by atoms with E-state index in [0.717, 1.165) is 16.5 Å². The van der Waals surface area contributed by atoms with Gasteiger partial charge < -0.3 is 9.72 Å². The SMILES string of the molecule is Cc1ccc(C(=O)COC(=O)c2cc3ccccc3[nH]2)cc1. The van der Waals surface area contributed by atoms with Crippen molar-refractivity contribution in [3.05, 3.63) is 71.4 Å². The molecule has 1 heterocycles. The number of ether oxygens (including phenoxy) is 1. The maximum absolute atomic E-state index is 12.0. The summed E-state index contributed by atoms with van der Waals surface area (Å²) in [7, 11) is 0. The van der Waals surface area contributed by atoms with Gasteiger partial charge in [-0.3, -0.25) is 4.79 Å². The van der Waals surface area contributed by atoms with E-state index in [1.54, 1.807) is 18.2 Å². The van der Waals surface area contributed by atoms with Crippen LogP contribution in [-0.2, 0) is 4.74 Å². The van der Waals surface area contributed by atoms with E-state index >= 15 is 0 Å². The number of H-pyrrole nitrogens is 1. The molecule has 1 N–H and O–H groups in total. The zero-order chi connectivity index (χ0) is 15.5. The maximum Gasteiger partial charge on any atom is 0.355 e. The molecule has 0 amide bonds. The number of carbonyl (C=O) groups is 2. The summed E-state index contributed by atoms with van der Waals surface area (Å²) >= 11 is 0. The molecular weight excluding hydrogens is 278 g/mol. The van der Waals surface area contributed by atoms with Gasteiger partial charge in [0.1, 0.15) is 5.69 Å². The molecule has 0 unspecified atom stereocenters. The number of carbonyl (C=O) groups excluding carboxylic acids is 2. The van der Waals surface area contributed by atoms with E-state index in [1.165, 1.54) is 0 Å². The standard InChI is InChI=1S/C18H15NO3/c1-12-6-8-13(9-7-12)17(20)11-22-18(21)16-10-14-4-2-3-5-15(14)19-16/h2-10,19H,11H2,1H3. The second-order valence-electron chi connectivity index (χ2n) is 5.14. The van der Waals surface area contributed by atoms with E-state index in [9.17, 15) is 9.59 Å². The van der Waals surface area contributed by atoms with Crippen LogP contribution in [0.15, 0.2) is 54.6 Å². The molecule has 1 aromatic heterocycles. The predicted octanol–water partition coefficient (Wildman–Crippen LogP) is 3.52. The van der Waals surface area contributed by atoms with Gasteiger partial charge in [0.15, 0.2) is 12.4 Å². The van der Waals surface area contributed by atoms with Gasteiger partial charge in [0.25, 0.3) is 0 Å². The Hall–Kier alpha value is -2.88. The lowest BCUT2D eigenvalue weighted by atomic mass is 10.1. The van der Waals surface area contributed by atoms with E-state index in [2.05, 4.69) is 4.98 Å². The maximum atomic E-state index is 12.0. The minimum atomic E-state index is -0.531. The lowest BCUT2D eigenvalue weighted by Gasteiger charge is -2.03. The number of aromatic amines is 1. The van der Waals surface area contributed by atoms with Crippen molar-refractivity contribution in [3.8, 4) is 0 Å². The zero-order valence-electron chi connectivity index (χ0n) is 12.1. The van der Waals surface area contributed by atoms with Crippen molar-refractivity contribution in [1.82, 2.24) is 4.98 Å². The van der Waals surface area contributed by atoms with Crippen LogP contribution in [0, 0.1) is 6.92 Å². The number of Topliss-reactive ketones (excluding diaryl/α,β-unsaturated/α-hetero) is 1. The number of para-hydroxylation sites is 1. The van der Waals surface area contributed by atoms with Gasteiger partial charge in [0.2, 0.25) is 0 Å². The molecule has 0 fully saturated rings. The molecule has 4 nitrogen and oxygen atoms in total. The van der Waals surface area contributed by atoms with Crippen molar-refractivity contribution in [1.29, 1.82) is 0 Å². The first-order valence-corrected chi connectivity index (χ1v) is 6.98. The molecule has 2 aromatic carbocycles. The van der Waals surface area contributed by atoms with Crippen molar-refractivity contribution in [3.63, 3.8) is 0 Å². The number of aryl methyl sites for hydroxylation is 1. The Balaban J connectivity index is 1.66. The van der Waals surface area contributed by atoms with E-state index in [4.69, 9.17) is 4.74 Å². The average Bonchev–Trinajstić information content (AvgIpc) is 2.97. The molecular formula is C18H15NO3.